The number of phenolic OH excluding ortho intramolecular Hbond substituents is 1. The molecule has 0 unspecified atom stereocenters. The van der Waals surface area contributed by atoms with Gasteiger partial charge in [-0.2, -0.15) is 0 Å². The molecule has 3 heteroatoms. The van der Waals surface area contributed by atoms with Crippen LogP contribution in [0.15, 0.2) is 24.3 Å². The number of hydrogen-bond acceptors (Lipinski definition) is 2. The quantitative estimate of drug-likeness (QED) is 0.844. The molecule has 0 spiro atoms. The summed E-state index contributed by atoms with van der Waals surface area (Å²) in [6, 6.07) is 6.66. The van der Waals surface area contributed by atoms with Crippen molar-refractivity contribution in [2.45, 2.75) is 39.2 Å². The van der Waals surface area contributed by atoms with E-state index in [1.165, 1.54) is 19.3 Å². The summed E-state index contributed by atoms with van der Waals surface area (Å²) in [5.74, 6) is 1.22. The van der Waals surface area contributed by atoms with E-state index >= 15 is 0 Å². The summed E-state index contributed by atoms with van der Waals surface area (Å²) in [4.78, 5) is 12.1. The van der Waals surface area contributed by atoms with E-state index < -0.39 is 0 Å². The van der Waals surface area contributed by atoms with Crippen LogP contribution in [0.1, 0.15) is 43.5 Å². The molecule has 0 saturated heterocycles. The maximum atomic E-state index is 12.1. The highest BCUT2D eigenvalue weighted by Gasteiger charge is 2.29. The summed E-state index contributed by atoms with van der Waals surface area (Å²) in [5.41, 5.74) is 0.609. The van der Waals surface area contributed by atoms with Gasteiger partial charge in [0.05, 0.1) is 0 Å². The minimum absolute atomic E-state index is 0.0411. The van der Waals surface area contributed by atoms with E-state index in [1.54, 1.807) is 24.3 Å². The van der Waals surface area contributed by atoms with Gasteiger partial charge in [0, 0.05) is 11.6 Å². The van der Waals surface area contributed by atoms with Crippen LogP contribution in [0.5, 0.6) is 5.75 Å². The van der Waals surface area contributed by atoms with Crippen LogP contribution in [0, 0.1) is 11.8 Å². The molecule has 0 bridgehead atoms. The van der Waals surface area contributed by atoms with Gasteiger partial charge in [-0.25, -0.2) is 0 Å². The van der Waals surface area contributed by atoms with Gasteiger partial charge in [0.15, 0.2) is 0 Å². The van der Waals surface area contributed by atoms with Gasteiger partial charge in [0.1, 0.15) is 5.75 Å². The molecule has 1 aromatic carbocycles. The summed E-state index contributed by atoms with van der Waals surface area (Å²) < 4.78 is 0. The number of phenols is 1. The zero-order valence-corrected chi connectivity index (χ0v) is 11.0. The molecule has 3 nitrogen and oxygen atoms in total. The second-order valence-corrected chi connectivity index (χ2v) is 5.43. The Bertz CT molecular complexity index is 403. The molecule has 1 aromatic rings. The first-order chi connectivity index (χ1) is 8.58. The first-order valence-corrected chi connectivity index (χ1v) is 6.68. The topological polar surface area (TPSA) is 49.3 Å². The molecule has 98 valence electrons. The molecule has 1 aliphatic carbocycles. The standard InChI is InChI=1S/C15H21NO2/c1-10-4-3-5-11(2)14(10)16-15(18)12-6-8-13(17)9-7-12/h6-11,14,17H,3-5H2,1-2H3,(H,16,18)/t10-,11-/m0/s1. The van der Waals surface area contributed by atoms with Gasteiger partial charge in [0.25, 0.3) is 5.91 Å². The number of aromatic hydroxyl groups is 1. The van der Waals surface area contributed by atoms with Crippen LogP contribution in [-0.2, 0) is 0 Å². The summed E-state index contributed by atoms with van der Waals surface area (Å²) in [6.45, 7) is 4.41. The summed E-state index contributed by atoms with van der Waals surface area (Å²) in [5, 5.41) is 12.3. The summed E-state index contributed by atoms with van der Waals surface area (Å²) >= 11 is 0. The van der Waals surface area contributed by atoms with E-state index in [2.05, 4.69) is 19.2 Å². The van der Waals surface area contributed by atoms with Gasteiger partial charge in [-0.05, 0) is 48.9 Å². The van der Waals surface area contributed by atoms with E-state index in [-0.39, 0.29) is 17.7 Å². The smallest absolute Gasteiger partial charge is 0.251 e. The minimum atomic E-state index is -0.0411. The van der Waals surface area contributed by atoms with Crippen molar-refractivity contribution < 1.29 is 9.90 Å². The van der Waals surface area contributed by atoms with Crippen molar-refractivity contribution in [2.75, 3.05) is 0 Å². The summed E-state index contributed by atoms with van der Waals surface area (Å²) in [7, 11) is 0. The monoisotopic (exact) mass is 247 g/mol. The molecular weight excluding hydrogens is 226 g/mol. The number of rotatable bonds is 2. The molecule has 2 atom stereocenters. The van der Waals surface area contributed by atoms with Crippen LogP contribution in [0.2, 0.25) is 0 Å². The number of nitrogens with one attached hydrogen (secondary N) is 1. The molecule has 1 amide bonds. The lowest BCUT2D eigenvalue weighted by Crippen LogP contribution is -2.45. The Kier molecular flexibility index (Phi) is 3.90. The second kappa shape index (κ2) is 5.42. The van der Waals surface area contributed by atoms with Crippen molar-refractivity contribution in [3.8, 4) is 5.75 Å². The van der Waals surface area contributed by atoms with E-state index in [0.29, 0.717) is 17.4 Å². The maximum absolute atomic E-state index is 12.1. The van der Waals surface area contributed by atoms with Gasteiger partial charge < -0.3 is 10.4 Å². The zero-order chi connectivity index (χ0) is 13.1. The number of hydrogen-bond donors (Lipinski definition) is 2. The predicted octanol–water partition coefficient (Wildman–Crippen LogP) is 2.95. The third-order valence-electron chi connectivity index (χ3n) is 3.97. The fourth-order valence-electron chi connectivity index (χ4n) is 2.81. The lowest BCUT2D eigenvalue weighted by atomic mass is 9.78. The van der Waals surface area contributed by atoms with Gasteiger partial charge in [0.2, 0.25) is 0 Å². The lowest BCUT2D eigenvalue weighted by molar-refractivity contribution is 0.0880. The highest BCUT2D eigenvalue weighted by Crippen LogP contribution is 2.29. The molecule has 0 radical (unpaired) electrons. The Hall–Kier alpha value is -1.51. The van der Waals surface area contributed by atoms with Gasteiger partial charge >= 0.3 is 0 Å². The largest absolute Gasteiger partial charge is 0.508 e. The number of carbonyl (C=O) groups excluding carboxylic acids is 1. The van der Waals surface area contributed by atoms with Gasteiger partial charge in [-0.15, -0.1) is 0 Å². The first-order valence-electron chi connectivity index (χ1n) is 6.68. The molecule has 1 aliphatic rings. The van der Waals surface area contributed by atoms with E-state index in [9.17, 15) is 9.90 Å². The van der Waals surface area contributed by atoms with Crippen molar-refractivity contribution in [1.29, 1.82) is 0 Å². The van der Waals surface area contributed by atoms with Crippen molar-refractivity contribution in [3.05, 3.63) is 29.8 Å². The van der Waals surface area contributed by atoms with Crippen LogP contribution in [0.3, 0.4) is 0 Å². The normalized spacial score (nSPS) is 24.8. The first kappa shape index (κ1) is 12.9. The van der Waals surface area contributed by atoms with Crippen molar-refractivity contribution in [3.63, 3.8) is 0 Å². The number of benzene rings is 1. The Morgan fingerprint density at radius 3 is 2.28 bits per heavy atom. The third kappa shape index (κ3) is 2.84. The molecule has 1 fully saturated rings. The van der Waals surface area contributed by atoms with Gasteiger partial charge in [-0.1, -0.05) is 20.3 Å². The second-order valence-electron chi connectivity index (χ2n) is 5.43. The average molecular weight is 247 g/mol. The molecule has 0 aromatic heterocycles. The van der Waals surface area contributed by atoms with Crippen molar-refractivity contribution >= 4 is 5.91 Å². The van der Waals surface area contributed by atoms with E-state index in [4.69, 9.17) is 0 Å². The Morgan fingerprint density at radius 2 is 1.72 bits per heavy atom. The third-order valence-corrected chi connectivity index (χ3v) is 3.97. The summed E-state index contributed by atoms with van der Waals surface area (Å²) in [6.07, 6.45) is 3.63. The fraction of sp³-hybridized carbons (Fsp3) is 0.533. The van der Waals surface area contributed by atoms with Crippen LogP contribution in [0.25, 0.3) is 0 Å². The Morgan fingerprint density at radius 1 is 1.17 bits per heavy atom. The number of amides is 1. The highest BCUT2D eigenvalue weighted by atomic mass is 16.3. The molecular formula is C15H21NO2. The molecule has 0 aliphatic heterocycles. The van der Waals surface area contributed by atoms with E-state index in [1.807, 2.05) is 0 Å². The zero-order valence-electron chi connectivity index (χ0n) is 11.0. The SMILES string of the molecule is C[C@H]1CCC[C@H](C)C1NC(=O)c1ccc(O)cc1. The Balaban J connectivity index is 2.04. The molecule has 2 N–H and O–H groups in total. The van der Waals surface area contributed by atoms with Gasteiger partial charge in [-0.3, -0.25) is 4.79 Å². The van der Waals surface area contributed by atoms with Crippen LogP contribution in [0.4, 0.5) is 0 Å². The maximum Gasteiger partial charge on any atom is 0.251 e. The molecule has 1 saturated carbocycles. The highest BCUT2D eigenvalue weighted by molar-refractivity contribution is 5.94. The van der Waals surface area contributed by atoms with Crippen molar-refractivity contribution in [2.24, 2.45) is 11.8 Å². The molecule has 2 rings (SSSR count). The number of carbonyl (C=O) groups is 1. The van der Waals surface area contributed by atoms with Crippen LogP contribution >= 0.6 is 0 Å². The lowest BCUT2D eigenvalue weighted by Gasteiger charge is -2.35. The van der Waals surface area contributed by atoms with E-state index in [0.717, 1.165) is 0 Å². The van der Waals surface area contributed by atoms with Crippen LogP contribution < -0.4 is 5.32 Å². The Labute approximate surface area is 108 Å². The van der Waals surface area contributed by atoms with Crippen molar-refractivity contribution in [1.82, 2.24) is 5.32 Å². The van der Waals surface area contributed by atoms with Crippen LogP contribution in [-0.4, -0.2) is 17.1 Å². The molecule has 0 heterocycles. The average Bonchev–Trinajstić information content (AvgIpc) is 2.34. The minimum Gasteiger partial charge on any atom is -0.508 e. The molecule has 18 heavy (non-hydrogen) atoms. The predicted molar refractivity (Wildman–Crippen MR) is 71.5 cm³/mol. The fourth-order valence-corrected chi connectivity index (χ4v) is 2.81.